The van der Waals surface area contributed by atoms with Crippen molar-refractivity contribution in [2.75, 3.05) is 12.8 Å². The van der Waals surface area contributed by atoms with Gasteiger partial charge in [0.05, 0.1) is 18.2 Å². The van der Waals surface area contributed by atoms with Crippen molar-refractivity contribution in [1.29, 1.82) is 0 Å². The standard InChI is InChI=1S/C33H25FN6O5/c1-44-25-8-5-19(15-23(25)30(41)39-33(9-10-33)31-37-11-2-12-38-31)21-16-22-26(17-24(21)35)45-28(18-3-6-20(34)7-4-18)27(22)29-36-13-14-40(29)32(42)43/h2-8,11-17H,9-10,35H2,1H3,(H,39,41)(H,42,43). The van der Waals surface area contributed by atoms with Crippen LogP contribution in [0.5, 0.6) is 5.75 Å². The Balaban J connectivity index is 1.36. The zero-order valence-corrected chi connectivity index (χ0v) is 23.8. The number of furan rings is 1. The van der Waals surface area contributed by atoms with Gasteiger partial charge in [0.1, 0.15) is 28.4 Å². The molecule has 0 aliphatic heterocycles. The summed E-state index contributed by atoms with van der Waals surface area (Å²) in [5.74, 6) is 0.536. The summed E-state index contributed by atoms with van der Waals surface area (Å²) in [5, 5.41) is 13.5. The van der Waals surface area contributed by atoms with E-state index in [4.69, 9.17) is 14.9 Å². The number of nitrogens with one attached hydrogen (secondary N) is 1. The highest BCUT2D eigenvalue weighted by Gasteiger charge is 2.48. The number of carboxylic acid groups (broad SMARTS) is 1. The molecule has 0 bridgehead atoms. The zero-order chi connectivity index (χ0) is 31.3. The van der Waals surface area contributed by atoms with Crippen LogP contribution in [0.15, 0.2) is 89.9 Å². The summed E-state index contributed by atoms with van der Waals surface area (Å²) in [6, 6.07) is 15.9. The molecular weight excluding hydrogens is 579 g/mol. The van der Waals surface area contributed by atoms with Gasteiger partial charge in [-0.25, -0.2) is 28.7 Å². The topological polar surface area (TPSA) is 158 Å². The molecule has 0 radical (unpaired) electrons. The molecule has 3 aromatic heterocycles. The van der Waals surface area contributed by atoms with Crippen LogP contribution in [0.25, 0.3) is 44.8 Å². The van der Waals surface area contributed by atoms with E-state index in [1.165, 1.54) is 43.8 Å². The van der Waals surface area contributed by atoms with Crippen LogP contribution < -0.4 is 15.8 Å². The molecule has 1 amide bonds. The summed E-state index contributed by atoms with van der Waals surface area (Å²) in [5.41, 5.74) is 8.98. The Kier molecular flexibility index (Phi) is 6.54. The van der Waals surface area contributed by atoms with E-state index in [0.717, 1.165) is 4.57 Å². The van der Waals surface area contributed by atoms with E-state index in [9.17, 15) is 19.1 Å². The molecule has 3 heterocycles. The number of nitrogens with two attached hydrogens (primary N) is 1. The van der Waals surface area contributed by atoms with Gasteiger partial charge in [-0.2, -0.15) is 0 Å². The van der Waals surface area contributed by atoms with Crippen LogP contribution in [0.1, 0.15) is 29.0 Å². The smallest absolute Gasteiger partial charge is 0.417 e. The van der Waals surface area contributed by atoms with Crippen molar-refractivity contribution >= 4 is 28.7 Å². The van der Waals surface area contributed by atoms with E-state index in [1.807, 2.05) is 0 Å². The van der Waals surface area contributed by atoms with E-state index < -0.39 is 17.4 Å². The molecule has 0 spiro atoms. The fraction of sp³-hybridized carbons (Fsp3) is 0.121. The molecule has 4 N–H and O–H groups in total. The maximum absolute atomic E-state index is 13.8. The Morgan fingerprint density at radius 3 is 2.44 bits per heavy atom. The van der Waals surface area contributed by atoms with Crippen molar-refractivity contribution in [3.63, 3.8) is 0 Å². The molecule has 1 aliphatic carbocycles. The molecule has 11 nitrogen and oxygen atoms in total. The molecule has 7 rings (SSSR count). The van der Waals surface area contributed by atoms with Crippen LogP contribution >= 0.6 is 0 Å². The number of methoxy groups -OCH3 is 1. The molecule has 0 atom stereocenters. The van der Waals surface area contributed by atoms with Gasteiger partial charge in [-0.3, -0.25) is 4.79 Å². The third-order valence-corrected chi connectivity index (χ3v) is 7.89. The molecule has 0 unspecified atom stereocenters. The lowest BCUT2D eigenvalue weighted by Crippen LogP contribution is -2.36. The Hall–Kier alpha value is -6.04. The number of rotatable bonds is 7. The predicted octanol–water partition coefficient (Wildman–Crippen LogP) is 6.10. The molecule has 45 heavy (non-hydrogen) atoms. The minimum absolute atomic E-state index is 0.115. The lowest BCUT2D eigenvalue weighted by molar-refractivity contribution is 0.0925. The Morgan fingerprint density at radius 1 is 1.02 bits per heavy atom. The van der Waals surface area contributed by atoms with E-state index in [0.29, 0.717) is 69.1 Å². The average molecular weight is 605 g/mol. The highest BCUT2D eigenvalue weighted by Crippen LogP contribution is 2.45. The van der Waals surface area contributed by atoms with Crippen LogP contribution in [0.3, 0.4) is 0 Å². The first kappa shape index (κ1) is 27.8. The fourth-order valence-electron chi connectivity index (χ4n) is 5.49. The number of imidazole rings is 1. The Morgan fingerprint density at radius 2 is 1.76 bits per heavy atom. The highest BCUT2D eigenvalue weighted by molar-refractivity contribution is 6.06. The van der Waals surface area contributed by atoms with Gasteiger partial charge in [-0.05, 0) is 66.9 Å². The van der Waals surface area contributed by atoms with Gasteiger partial charge < -0.3 is 25.3 Å². The molecule has 3 aromatic carbocycles. The molecule has 6 aromatic rings. The SMILES string of the molecule is COc1ccc(-c2cc3c(-c4nccn4C(=O)O)c(-c4ccc(F)cc4)oc3cc2N)cc1C(=O)NC1(c2ncccn2)CC1. The van der Waals surface area contributed by atoms with Gasteiger partial charge in [-0.15, -0.1) is 0 Å². The number of aromatic nitrogens is 4. The number of hydrogen-bond acceptors (Lipinski definition) is 8. The number of benzene rings is 3. The van der Waals surface area contributed by atoms with Gasteiger partial charge in [-0.1, -0.05) is 6.07 Å². The van der Waals surface area contributed by atoms with Gasteiger partial charge in [0.15, 0.2) is 11.6 Å². The summed E-state index contributed by atoms with van der Waals surface area (Å²) in [6.07, 6.45) is 6.16. The number of hydrogen-bond donors (Lipinski definition) is 3. The minimum Gasteiger partial charge on any atom is -0.496 e. The number of ether oxygens (including phenoxy) is 1. The first-order valence-electron chi connectivity index (χ1n) is 14.0. The Bertz CT molecular complexity index is 2100. The summed E-state index contributed by atoms with van der Waals surface area (Å²) in [7, 11) is 1.48. The quantitative estimate of drug-likeness (QED) is 0.183. The van der Waals surface area contributed by atoms with Gasteiger partial charge in [0.2, 0.25) is 0 Å². The lowest BCUT2D eigenvalue weighted by atomic mass is 9.97. The molecular formula is C33H25FN6O5. The summed E-state index contributed by atoms with van der Waals surface area (Å²) < 4.78 is 26.5. The predicted molar refractivity (Wildman–Crippen MR) is 163 cm³/mol. The largest absolute Gasteiger partial charge is 0.496 e. The van der Waals surface area contributed by atoms with Gasteiger partial charge >= 0.3 is 6.09 Å². The number of carbonyl (C=O) groups is 2. The molecule has 12 heteroatoms. The van der Waals surface area contributed by atoms with Gasteiger partial charge in [0, 0.05) is 53.1 Å². The van der Waals surface area contributed by atoms with Crippen LogP contribution in [-0.2, 0) is 5.54 Å². The van der Waals surface area contributed by atoms with Crippen molar-refractivity contribution in [2.24, 2.45) is 0 Å². The molecule has 1 fully saturated rings. The van der Waals surface area contributed by atoms with Crippen LogP contribution in [0, 0.1) is 5.82 Å². The maximum atomic E-state index is 13.8. The van der Waals surface area contributed by atoms with Crippen LogP contribution in [0.2, 0.25) is 0 Å². The number of amides is 1. The maximum Gasteiger partial charge on any atom is 0.417 e. The first-order valence-corrected chi connectivity index (χ1v) is 14.0. The summed E-state index contributed by atoms with van der Waals surface area (Å²) in [6.45, 7) is 0. The monoisotopic (exact) mass is 604 g/mol. The summed E-state index contributed by atoms with van der Waals surface area (Å²) >= 11 is 0. The molecule has 1 aliphatic rings. The first-order chi connectivity index (χ1) is 21.8. The second-order valence-electron chi connectivity index (χ2n) is 10.7. The van der Waals surface area contributed by atoms with Crippen LogP contribution in [0.4, 0.5) is 14.9 Å². The third kappa shape index (κ3) is 4.82. The van der Waals surface area contributed by atoms with Crippen molar-refractivity contribution in [2.45, 2.75) is 18.4 Å². The van der Waals surface area contributed by atoms with Crippen molar-refractivity contribution < 1.29 is 28.2 Å². The number of fused-ring (bicyclic) bond motifs is 1. The highest BCUT2D eigenvalue weighted by atomic mass is 19.1. The average Bonchev–Trinajstić information content (AvgIpc) is 3.49. The fourth-order valence-corrected chi connectivity index (χ4v) is 5.49. The number of carbonyl (C=O) groups excluding carboxylic acids is 1. The van der Waals surface area contributed by atoms with E-state index in [2.05, 4.69) is 20.3 Å². The minimum atomic E-state index is -1.24. The normalized spacial score (nSPS) is 13.5. The van der Waals surface area contributed by atoms with Crippen molar-refractivity contribution in [1.82, 2.24) is 24.8 Å². The summed E-state index contributed by atoms with van der Waals surface area (Å²) in [4.78, 5) is 38.7. The molecule has 1 saturated carbocycles. The Labute approximate surface area is 255 Å². The number of halogens is 1. The van der Waals surface area contributed by atoms with Gasteiger partial charge in [0.25, 0.3) is 5.91 Å². The van der Waals surface area contributed by atoms with Crippen molar-refractivity contribution in [3.8, 4) is 39.6 Å². The third-order valence-electron chi connectivity index (χ3n) is 7.89. The molecule has 224 valence electrons. The van der Waals surface area contributed by atoms with E-state index in [1.54, 1.807) is 48.8 Å². The number of nitrogen functional groups attached to an aromatic ring is 1. The second-order valence-corrected chi connectivity index (χ2v) is 10.7. The molecule has 0 saturated heterocycles. The van der Waals surface area contributed by atoms with Crippen LogP contribution in [-0.4, -0.2) is 43.7 Å². The number of nitrogens with zero attached hydrogens (tertiary/aromatic N) is 4. The van der Waals surface area contributed by atoms with Crippen molar-refractivity contribution in [3.05, 3.63) is 103 Å². The van der Waals surface area contributed by atoms with E-state index in [-0.39, 0.29) is 17.3 Å². The van der Waals surface area contributed by atoms with E-state index >= 15 is 0 Å². The number of anilines is 1. The zero-order valence-electron chi connectivity index (χ0n) is 23.8. The second kappa shape index (κ2) is 10.6. The lowest BCUT2D eigenvalue weighted by Gasteiger charge is -2.18.